The highest BCUT2D eigenvalue weighted by Gasteiger charge is 2.32. The monoisotopic (exact) mass is 397 g/mol. The summed E-state index contributed by atoms with van der Waals surface area (Å²) < 4.78 is 11.1. The predicted octanol–water partition coefficient (Wildman–Crippen LogP) is 1.23. The third kappa shape index (κ3) is 3.91. The molecular formula is C20H23N5O4. The van der Waals surface area contributed by atoms with Crippen LogP contribution in [0.5, 0.6) is 5.75 Å². The van der Waals surface area contributed by atoms with Crippen molar-refractivity contribution in [3.05, 3.63) is 41.6 Å². The number of carbonyl (C=O) groups excluding carboxylic acids is 2. The van der Waals surface area contributed by atoms with Gasteiger partial charge in [-0.3, -0.25) is 14.5 Å². The molecule has 2 aromatic rings. The molecule has 4 rings (SSSR count). The third-order valence-corrected chi connectivity index (χ3v) is 5.23. The number of likely N-dealkylation sites (N-methyl/N-ethyl adjacent to an activating group) is 1. The van der Waals surface area contributed by atoms with Crippen molar-refractivity contribution in [1.29, 1.82) is 0 Å². The second-order valence-corrected chi connectivity index (χ2v) is 7.21. The molecule has 1 unspecified atom stereocenters. The van der Waals surface area contributed by atoms with Crippen LogP contribution in [0, 0.1) is 6.92 Å². The minimum absolute atomic E-state index is 0.00624. The number of aromatic nitrogens is 3. The molecule has 1 saturated heterocycles. The van der Waals surface area contributed by atoms with Crippen LogP contribution in [0.2, 0.25) is 0 Å². The molecule has 4 heterocycles. The zero-order valence-electron chi connectivity index (χ0n) is 16.4. The SMILES string of the molecule is Cc1cnc(C(=O)NC2COc3cccnc3N(C)C2=O)nc1C1CCOCC1. The number of anilines is 1. The molecule has 2 aliphatic heterocycles. The van der Waals surface area contributed by atoms with E-state index < -0.39 is 11.9 Å². The van der Waals surface area contributed by atoms with Crippen LogP contribution in [0.3, 0.4) is 0 Å². The molecule has 29 heavy (non-hydrogen) atoms. The van der Waals surface area contributed by atoms with Gasteiger partial charge in [0.15, 0.2) is 11.6 Å². The van der Waals surface area contributed by atoms with Gasteiger partial charge in [-0.1, -0.05) is 0 Å². The van der Waals surface area contributed by atoms with Gasteiger partial charge in [-0.2, -0.15) is 0 Å². The number of carbonyl (C=O) groups is 2. The topological polar surface area (TPSA) is 107 Å². The van der Waals surface area contributed by atoms with E-state index in [0.29, 0.717) is 24.8 Å². The predicted molar refractivity (Wildman–Crippen MR) is 104 cm³/mol. The Bertz CT molecular complexity index is 929. The molecule has 0 saturated carbocycles. The molecule has 0 bridgehead atoms. The zero-order valence-corrected chi connectivity index (χ0v) is 16.4. The Balaban J connectivity index is 1.51. The maximum atomic E-state index is 12.8. The summed E-state index contributed by atoms with van der Waals surface area (Å²) in [5.41, 5.74) is 1.81. The Morgan fingerprint density at radius 2 is 2.07 bits per heavy atom. The molecule has 9 nitrogen and oxygen atoms in total. The van der Waals surface area contributed by atoms with Crippen molar-refractivity contribution >= 4 is 17.6 Å². The molecule has 1 N–H and O–H groups in total. The van der Waals surface area contributed by atoms with Gasteiger partial charge in [0, 0.05) is 38.6 Å². The van der Waals surface area contributed by atoms with E-state index in [1.807, 2.05) is 6.92 Å². The summed E-state index contributed by atoms with van der Waals surface area (Å²) in [5, 5.41) is 2.71. The maximum absolute atomic E-state index is 12.8. The van der Waals surface area contributed by atoms with Crippen LogP contribution in [-0.4, -0.2) is 59.7 Å². The Morgan fingerprint density at radius 1 is 1.28 bits per heavy atom. The van der Waals surface area contributed by atoms with Gasteiger partial charge in [-0.25, -0.2) is 15.0 Å². The first-order valence-electron chi connectivity index (χ1n) is 9.62. The van der Waals surface area contributed by atoms with E-state index in [-0.39, 0.29) is 24.3 Å². The number of amides is 2. The lowest BCUT2D eigenvalue weighted by atomic mass is 9.94. The van der Waals surface area contributed by atoms with E-state index in [0.717, 1.165) is 24.1 Å². The van der Waals surface area contributed by atoms with Crippen molar-refractivity contribution in [2.75, 3.05) is 31.8 Å². The fourth-order valence-electron chi connectivity index (χ4n) is 3.60. The number of ether oxygens (including phenoxy) is 2. The number of fused-ring (bicyclic) bond motifs is 1. The third-order valence-electron chi connectivity index (χ3n) is 5.23. The van der Waals surface area contributed by atoms with Gasteiger partial charge in [0.25, 0.3) is 11.8 Å². The summed E-state index contributed by atoms with van der Waals surface area (Å²) in [6.07, 6.45) is 4.97. The summed E-state index contributed by atoms with van der Waals surface area (Å²) in [6.45, 7) is 3.32. The van der Waals surface area contributed by atoms with Crippen molar-refractivity contribution in [2.45, 2.75) is 31.7 Å². The molecule has 2 aromatic heterocycles. The normalized spacial score (nSPS) is 19.9. The molecule has 2 amide bonds. The van der Waals surface area contributed by atoms with E-state index in [1.165, 1.54) is 4.90 Å². The van der Waals surface area contributed by atoms with Crippen molar-refractivity contribution < 1.29 is 19.1 Å². The summed E-state index contributed by atoms with van der Waals surface area (Å²) in [7, 11) is 1.60. The number of rotatable bonds is 3. The first kappa shape index (κ1) is 19.3. The van der Waals surface area contributed by atoms with E-state index in [1.54, 1.807) is 31.6 Å². The summed E-state index contributed by atoms with van der Waals surface area (Å²) >= 11 is 0. The molecule has 2 aliphatic rings. The van der Waals surface area contributed by atoms with Crippen molar-refractivity contribution in [1.82, 2.24) is 20.3 Å². The van der Waals surface area contributed by atoms with Gasteiger partial charge in [0.05, 0.1) is 5.69 Å². The molecule has 0 radical (unpaired) electrons. The quantitative estimate of drug-likeness (QED) is 0.830. The van der Waals surface area contributed by atoms with Crippen LogP contribution in [-0.2, 0) is 9.53 Å². The largest absolute Gasteiger partial charge is 0.487 e. The molecule has 1 fully saturated rings. The molecule has 0 aromatic carbocycles. The fourth-order valence-corrected chi connectivity index (χ4v) is 3.60. The minimum Gasteiger partial charge on any atom is -0.487 e. The van der Waals surface area contributed by atoms with Crippen LogP contribution >= 0.6 is 0 Å². The van der Waals surface area contributed by atoms with Gasteiger partial charge in [0.2, 0.25) is 5.82 Å². The van der Waals surface area contributed by atoms with Gasteiger partial charge in [-0.15, -0.1) is 0 Å². The summed E-state index contributed by atoms with van der Waals surface area (Å²) in [6, 6.07) is 2.60. The van der Waals surface area contributed by atoms with Crippen LogP contribution in [0.25, 0.3) is 0 Å². The number of pyridine rings is 1. The molecular weight excluding hydrogens is 374 g/mol. The first-order chi connectivity index (χ1) is 14.0. The van der Waals surface area contributed by atoms with Crippen LogP contribution in [0.4, 0.5) is 5.82 Å². The van der Waals surface area contributed by atoms with Crippen LogP contribution < -0.4 is 15.0 Å². The Labute approximate surface area is 168 Å². The number of hydrogen-bond acceptors (Lipinski definition) is 7. The smallest absolute Gasteiger partial charge is 0.289 e. The molecule has 0 aliphatic carbocycles. The minimum atomic E-state index is -0.863. The van der Waals surface area contributed by atoms with E-state index >= 15 is 0 Å². The van der Waals surface area contributed by atoms with Gasteiger partial charge >= 0.3 is 0 Å². The van der Waals surface area contributed by atoms with Crippen LogP contribution in [0.15, 0.2) is 24.5 Å². The van der Waals surface area contributed by atoms with Gasteiger partial charge in [-0.05, 0) is 37.5 Å². The standard InChI is InChI=1S/C20H23N5O4/c1-12-10-22-17(24-16(12)13-5-8-28-9-6-13)19(26)23-14-11-29-15-4-3-7-21-18(15)25(2)20(14)27/h3-4,7,10,13-14H,5-6,8-9,11H2,1-2H3,(H,23,26). The maximum Gasteiger partial charge on any atom is 0.289 e. The number of aryl methyl sites for hydroxylation is 1. The average molecular weight is 397 g/mol. The van der Waals surface area contributed by atoms with E-state index in [2.05, 4.69) is 20.3 Å². The highest BCUT2D eigenvalue weighted by Crippen LogP contribution is 2.28. The van der Waals surface area contributed by atoms with E-state index in [9.17, 15) is 9.59 Å². The van der Waals surface area contributed by atoms with Crippen molar-refractivity contribution in [3.63, 3.8) is 0 Å². The second-order valence-electron chi connectivity index (χ2n) is 7.21. The highest BCUT2D eigenvalue weighted by molar-refractivity contribution is 6.01. The highest BCUT2D eigenvalue weighted by atomic mass is 16.5. The molecule has 1 atom stereocenters. The summed E-state index contributed by atoms with van der Waals surface area (Å²) in [5.74, 6) is 0.386. The van der Waals surface area contributed by atoms with Crippen LogP contribution in [0.1, 0.15) is 40.6 Å². The Hall–Kier alpha value is -3.07. The Kier molecular flexibility index (Phi) is 5.39. The summed E-state index contributed by atoms with van der Waals surface area (Å²) in [4.78, 5) is 39.8. The molecule has 152 valence electrons. The lowest BCUT2D eigenvalue weighted by molar-refractivity contribution is -0.120. The number of hydrogen-bond donors (Lipinski definition) is 1. The number of nitrogens with zero attached hydrogens (tertiary/aromatic N) is 4. The van der Waals surface area contributed by atoms with Crippen molar-refractivity contribution in [3.8, 4) is 5.75 Å². The van der Waals surface area contributed by atoms with Gasteiger partial charge in [0.1, 0.15) is 12.6 Å². The van der Waals surface area contributed by atoms with Gasteiger partial charge < -0.3 is 14.8 Å². The lowest BCUT2D eigenvalue weighted by Crippen LogP contribution is -2.49. The number of nitrogens with one attached hydrogen (secondary N) is 1. The fraction of sp³-hybridized carbons (Fsp3) is 0.450. The average Bonchev–Trinajstić information content (AvgIpc) is 2.87. The second kappa shape index (κ2) is 8.12. The molecule has 0 spiro atoms. The van der Waals surface area contributed by atoms with E-state index in [4.69, 9.17) is 9.47 Å². The molecule has 9 heteroatoms. The Morgan fingerprint density at radius 3 is 2.86 bits per heavy atom. The van der Waals surface area contributed by atoms with Crippen molar-refractivity contribution in [2.24, 2.45) is 0 Å². The first-order valence-corrected chi connectivity index (χ1v) is 9.62. The lowest BCUT2D eigenvalue weighted by Gasteiger charge is -2.23. The zero-order chi connectivity index (χ0) is 20.4.